The van der Waals surface area contributed by atoms with E-state index in [1.54, 1.807) is 21.6 Å². The molecule has 0 aliphatic carbocycles. The van der Waals surface area contributed by atoms with Crippen LogP contribution in [0.3, 0.4) is 0 Å². The van der Waals surface area contributed by atoms with Crippen molar-refractivity contribution in [2.75, 3.05) is 38.2 Å². The minimum atomic E-state index is -0.554. The maximum absolute atomic E-state index is 12.0. The number of amides is 3. The molecule has 152 valence electrons. The van der Waals surface area contributed by atoms with Gasteiger partial charge in [0.15, 0.2) is 0 Å². The van der Waals surface area contributed by atoms with Gasteiger partial charge in [-0.05, 0) is 26.2 Å². The molecule has 0 radical (unpaired) electrons. The van der Waals surface area contributed by atoms with Gasteiger partial charge in [-0.2, -0.15) is 0 Å². The monoisotopic (exact) mass is 409 g/mol. The maximum Gasteiger partial charge on any atom is 0.406 e. The lowest BCUT2D eigenvalue weighted by atomic mass is 10.1. The van der Waals surface area contributed by atoms with Gasteiger partial charge in [-0.15, -0.1) is 0 Å². The van der Waals surface area contributed by atoms with E-state index in [0.29, 0.717) is 25.3 Å². The van der Waals surface area contributed by atoms with Gasteiger partial charge in [0, 0.05) is 31.1 Å². The van der Waals surface area contributed by atoms with Crippen molar-refractivity contribution in [3.8, 4) is 0 Å². The third kappa shape index (κ3) is 14.0. The molecule has 11 heteroatoms. The molecule has 0 rings (SSSR count). The SMILES string of the molecule is CNC(=O)OCCSSCC(C)NC(=O)C(N)CCCCNC(=O)CN. The average molecular weight is 410 g/mol. The third-order valence-corrected chi connectivity index (χ3v) is 5.72. The first kappa shape index (κ1) is 24.8. The summed E-state index contributed by atoms with van der Waals surface area (Å²) in [4.78, 5) is 33.8. The van der Waals surface area contributed by atoms with Crippen molar-refractivity contribution in [3.05, 3.63) is 0 Å². The molecule has 0 bridgehead atoms. The fourth-order valence-electron chi connectivity index (χ4n) is 1.76. The number of carbonyl (C=O) groups is 3. The number of nitrogens with two attached hydrogens (primary N) is 2. The minimum absolute atomic E-state index is 0.00486. The fraction of sp³-hybridized carbons (Fsp3) is 0.800. The van der Waals surface area contributed by atoms with Gasteiger partial charge in [-0.25, -0.2) is 4.79 Å². The molecule has 0 aromatic rings. The van der Waals surface area contributed by atoms with E-state index < -0.39 is 12.1 Å². The zero-order valence-electron chi connectivity index (χ0n) is 15.4. The number of rotatable bonds is 14. The highest BCUT2D eigenvalue weighted by molar-refractivity contribution is 8.76. The van der Waals surface area contributed by atoms with Crippen molar-refractivity contribution in [2.24, 2.45) is 11.5 Å². The summed E-state index contributed by atoms with van der Waals surface area (Å²) in [5.74, 6) is 1.06. The molecule has 2 unspecified atom stereocenters. The van der Waals surface area contributed by atoms with Crippen LogP contribution >= 0.6 is 21.6 Å². The molecule has 9 nitrogen and oxygen atoms in total. The lowest BCUT2D eigenvalue weighted by Gasteiger charge is -2.17. The standard InChI is InChI=1S/C15H31N5O4S2/c1-11(10-26-25-8-7-24-15(23)18-2)20-14(22)12(17)5-3-4-6-19-13(21)9-16/h11-12H,3-10,16-17H2,1-2H3,(H,18,23)(H,19,21)(H,20,22). The Kier molecular flexibility index (Phi) is 15.3. The molecule has 0 saturated heterocycles. The topological polar surface area (TPSA) is 149 Å². The highest BCUT2D eigenvalue weighted by Crippen LogP contribution is 2.21. The molecule has 26 heavy (non-hydrogen) atoms. The van der Waals surface area contributed by atoms with Crippen molar-refractivity contribution >= 4 is 39.5 Å². The van der Waals surface area contributed by atoms with Gasteiger partial charge in [0.2, 0.25) is 11.8 Å². The molecule has 0 heterocycles. The van der Waals surface area contributed by atoms with Crippen molar-refractivity contribution in [2.45, 2.75) is 38.3 Å². The Balaban J connectivity index is 3.67. The normalized spacial score (nSPS) is 12.8. The van der Waals surface area contributed by atoms with E-state index in [1.807, 2.05) is 6.92 Å². The highest BCUT2D eigenvalue weighted by atomic mass is 33.1. The quantitative estimate of drug-likeness (QED) is 0.196. The number of ether oxygens (including phenoxy) is 1. The smallest absolute Gasteiger partial charge is 0.406 e. The average Bonchev–Trinajstić information content (AvgIpc) is 2.63. The largest absolute Gasteiger partial charge is 0.449 e. The summed E-state index contributed by atoms with van der Waals surface area (Å²) < 4.78 is 4.87. The molecule has 0 fully saturated rings. The summed E-state index contributed by atoms with van der Waals surface area (Å²) in [6.45, 7) is 2.78. The molecule has 7 N–H and O–H groups in total. The highest BCUT2D eigenvalue weighted by Gasteiger charge is 2.15. The first-order valence-corrected chi connectivity index (χ1v) is 11.0. The van der Waals surface area contributed by atoms with Crippen molar-refractivity contribution in [1.29, 1.82) is 0 Å². The van der Waals surface area contributed by atoms with Gasteiger partial charge >= 0.3 is 6.09 Å². The zero-order valence-corrected chi connectivity index (χ0v) is 17.0. The van der Waals surface area contributed by atoms with Crippen LogP contribution in [0.15, 0.2) is 0 Å². The van der Waals surface area contributed by atoms with Gasteiger partial charge in [0.1, 0.15) is 6.61 Å². The van der Waals surface area contributed by atoms with Crippen LogP contribution in [-0.4, -0.2) is 68.2 Å². The van der Waals surface area contributed by atoms with Crippen molar-refractivity contribution in [1.82, 2.24) is 16.0 Å². The van der Waals surface area contributed by atoms with Gasteiger partial charge < -0.3 is 32.2 Å². The third-order valence-electron chi connectivity index (χ3n) is 3.18. The molecule has 0 saturated carbocycles. The van der Waals surface area contributed by atoms with Crippen LogP contribution in [0, 0.1) is 0 Å². The number of alkyl carbamates (subject to hydrolysis) is 1. The van der Waals surface area contributed by atoms with E-state index in [9.17, 15) is 14.4 Å². The molecule has 0 aromatic carbocycles. The first-order chi connectivity index (χ1) is 12.4. The van der Waals surface area contributed by atoms with E-state index >= 15 is 0 Å². The summed E-state index contributed by atoms with van der Waals surface area (Å²) >= 11 is 0. The van der Waals surface area contributed by atoms with Crippen LogP contribution in [0.25, 0.3) is 0 Å². The Bertz CT molecular complexity index is 429. The second-order valence-corrected chi connectivity index (χ2v) is 8.19. The lowest BCUT2D eigenvalue weighted by molar-refractivity contribution is -0.123. The number of unbranched alkanes of at least 4 members (excludes halogenated alkanes) is 1. The predicted octanol–water partition coefficient (Wildman–Crippen LogP) is -0.199. The summed E-state index contributed by atoms with van der Waals surface area (Å²) in [5, 5.41) is 7.93. The summed E-state index contributed by atoms with van der Waals surface area (Å²) in [7, 11) is 4.69. The predicted molar refractivity (Wildman–Crippen MR) is 107 cm³/mol. The Morgan fingerprint density at radius 3 is 2.58 bits per heavy atom. The van der Waals surface area contributed by atoms with E-state index in [2.05, 4.69) is 16.0 Å². The van der Waals surface area contributed by atoms with E-state index in [4.69, 9.17) is 16.2 Å². The van der Waals surface area contributed by atoms with Crippen LogP contribution in [-0.2, 0) is 14.3 Å². The Morgan fingerprint density at radius 2 is 1.92 bits per heavy atom. The maximum atomic E-state index is 12.0. The minimum Gasteiger partial charge on any atom is -0.449 e. The number of hydrogen-bond acceptors (Lipinski definition) is 8. The molecular formula is C15H31N5O4S2. The van der Waals surface area contributed by atoms with Crippen molar-refractivity contribution < 1.29 is 19.1 Å². The molecule has 0 spiro atoms. The van der Waals surface area contributed by atoms with Crippen LogP contribution in [0.5, 0.6) is 0 Å². The first-order valence-electron chi connectivity index (χ1n) is 8.52. The zero-order chi connectivity index (χ0) is 19.8. The van der Waals surface area contributed by atoms with Crippen molar-refractivity contribution in [3.63, 3.8) is 0 Å². The van der Waals surface area contributed by atoms with Gasteiger partial charge in [0.05, 0.1) is 12.6 Å². The molecule has 0 aromatic heterocycles. The fourth-order valence-corrected chi connectivity index (χ4v) is 3.87. The summed E-state index contributed by atoms with van der Waals surface area (Å²) in [6.07, 6.45) is 1.64. The molecule has 2 atom stereocenters. The molecule has 0 aliphatic rings. The van der Waals surface area contributed by atoms with Crippen LogP contribution in [0.2, 0.25) is 0 Å². The summed E-state index contributed by atoms with van der Waals surface area (Å²) in [6, 6.07) is -0.559. The second-order valence-electron chi connectivity index (χ2n) is 5.56. The number of nitrogens with one attached hydrogen (secondary N) is 3. The lowest BCUT2D eigenvalue weighted by Crippen LogP contribution is -2.45. The number of carbonyl (C=O) groups excluding carboxylic acids is 3. The Labute approximate surface area is 162 Å². The van der Waals surface area contributed by atoms with Gasteiger partial charge in [-0.1, -0.05) is 21.6 Å². The Morgan fingerprint density at radius 1 is 1.19 bits per heavy atom. The second kappa shape index (κ2) is 16.0. The van der Waals surface area contributed by atoms with E-state index in [-0.39, 0.29) is 24.4 Å². The van der Waals surface area contributed by atoms with E-state index in [0.717, 1.165) is 18.6 Å². The van der Waals surface area contributed by atoms with Crippen LogP contribution in [0.1, 0.15) is 26.2 Å². The van der Waals surface area contributed by atoms with Gasteiger partial charge in [-0.3, -0.25) is 9.59 Å². The Hall–Kier alpha value is -1.17. The van der Waals surface area contributed by atoms with E-state index in [1.165, 1.54) is 7.05 Å². The molecule has 0 aliphatic heterocycles. The van der Waals surface area contributed by atoms with Crippen LogP contribution < -0.4 is 27.4 Å². The van der Waals surface area contributed by atoms with Crippen LogP contribution in [0.4, 0.5) is 4.79 Å². The van der Waals surface area contributed by atoms with Gasteiger partial charge in [0.25, 0.3) is 0 Å². The molecular weight excluding hydrogens is 378 g/mol. The summed E-state index contributed by atoms with van der Waals surface area (Å²) in [5.41, 5.74) is 11.1. The molecule has 3 amide bonds. The number of hydrogen-bond donors (Lipinski definition) is 5.